The maximum absolute atomic E-state index is 8.16. The predicted octanol–water partition coefficient (Wildman–Crippen LogP) is 11.8. The molecule has 0 fully saturated rings. The van der Waals surface area contributed by atoms with Crippen molar-refractivity contribution in [1.82, 2.24) is 9.55 Å². The van der Waals surface area contributed by atoms with Gasteiger partial charge in [-0.15, -0.1) is 0 Å². The fourth-order valence-corrected chi connectivity index (χ4v) is 9.26. The van der Waals surface area contributed by atoms with E-state index in [2.05, 4.69) is 116 Å². The Labute approximate surface area is 319 Å². The van der Waals surface area contributed by atoms with Crippen molar-refractivity contribution in [3.8, 4) is 17.3 Å². The first-order chi connectivity index (χ1) is 27.5. The molecule has 2 bridgehead atoms. The molecule has 54 heavy (non-hydrogen) atoms. The van der Waals surface area contributed by atoms with Crippen molar-refractivity contribution < 1.29 is 8.85 Å². The Balaban J connectivity index is 1.06. The normalized spacial score (nSPS) is 17.8. The van der Waals surface area contributed by atoms with Crippen LogP contribution in [0.2, 0.25) is 0 Å². The number of nitrogens with zero attached hydrogens (tertiary/aromatic N) is 4. The van der Waals surface area contributed by atoms with Crippen LogP contribution in [0.1, 0.15) is 75.7 Å². The second-order valence-electron chi connectivity index (χ2n) is 15.9. The van der Waals surface area contributed by atoms with Crippen LogP contribution in [-0.2, 0) is 5.41 Å². The molecule has 3 aliphatic carbocycles. The van der Waals surface area contributed by atoms with Crippen molar-refractivity contribution in [1.29, 1.82) is 0 Å². The largest absolute Gasteiger partial charge is 0.457 e. The molecule has 3 heterocycles. The summed E-state index contributed by atoms with van der Waals surface area (Å²) < 4.78 is 33.5. The highest BCUT2D eigenvalue weighted by atomic mass is 16.5. The van der Waals surface area contributed by atoms with Gasteiger partial charge in [0.2, 0.25) is 0 Å². The summed E-state index contributed by atoms with van der Waals surface area (Å²) in [5.41, 5.74) is 14.0. The molecule has 262 valence electrons. The predicted molar refractivity (Wildman–Crippen MR) is 220 cm³/mol. The molecule has 0 saturated carbocycles. The fraction of sp³-hybridized carbons (Fsp3) is 0.163. The molecule has 2 aromatic heterocycles. The lowest BCUT2D eigenvalue weighted by atomic mass is 9.61. The van der Waals surface area contributed by atoms with E-state index in [0.29, 0.717) is 17.2 Å². The molecule has 0 saturated heterocycles. The van der Waals surface area contributed by atoms with Crippen molar-refractivity contribution in [2.75, 3.05) is 23.4 Å². The molecule has 0 radical (unpaired) electrons. The minimum absolute atomic E-state index is 0.0577. The molecule has 6 aromatic carbocycles. The van der Waals surface area contributed by atoms with E-state index in [1.54, 1.807) is 0 Å². The standard InChI is InChI=1S/C49H40N4O/c1-49(2,3)30-22-23-50-46(24-30)53-44-26-33(54-32-13-11-12-31(25-32)52-29-51(4)42-18-9-10-19-43(42)52)20-21-34(44)39-27-40-41(28-45(39)53)48-37-16-7-5-14-35(37)47(40)36-15-6-8-17-38(36)48/h5-28,47-48H,29H2,1-4H3/i4D3. The molecule has 0 unspecified atom stereocenters. The van der Waals surface area contributed by atoms with Gasteiger partial charge < -0.3 is 14.5 Å². The Morgan fingerprint density at radius 2 is 1.26 bits per heavy atom. The second kappa shape index (κ2) is 11.3. The van der Waals surface area contributed by atoms with Crippen molar-refractivity contribution in [2.45, 2.75) is 38.0 Å². The zero-order valence-corrected chi connectivity index (χ0v) is 30.4. The van der Waals surface area contributed by atoms with Gasteiger partial charge in [0.15, 0.2) is 0 Å². The van der Waals surface area contributed by atoms with Crippen LogP contribution in [0.3, 0.4) is 0 Å². The van der Waals surface area contributed by atoms with Crippen LogP contribution in [0.5, 0.6) is 11.5 Å². The van der Waals surface area contributed by atoms with Gasteiger partial charge in [0, 0.05) is 57.7 Å². The van der Waals surface area contributed by atoms with Crippen molar-refractivity contribution in [2.24, 2.45) is 0 Å². The number of hydrogen-bond donors (Lipinski definition) is 0. The summed E-state index contributed by atoms with van der Waals surface area (Å²) in [6.45, 7) is 4.67. The van der Waals surface area contributed by atoms with Crippen LogP contribution in [0.25, 0.3) is 27.6 Å². The Bertz CT molecular complexity index is 2890. The molecule has 0 atom stereocenters. The van der Waals surface area contributed by atoms with E-state index in [4.69, 9.17) is 13.8 Å². The first kappa shape index (κ1) is 28.2. The van der Waals surface area contributed by atoms with E-state index in [-0.39, 0.29) is 23.9 Å². The molecule has 8 aromatic rings. The van der Waals surface area contributed by atoms with Gasteiger partial charge in [-0.2, -0.15) is 0 Å². The summed E-state index contributed by atoms with van der Waals surface area (Å²) in [6, 6.07) is 49.0. The van der Waals surface area contributed by atoms with Gasteiger partial charge in [0.25, 0.3) is 0 Å². The van der Waals surface area contributed by atoms with Gasteiger partial charge in [-0.05, 0) is 105 Å². The van der Waals surface area contributed by atoms with E-state index in [9.17, 15) is 0 Å². The third kappa shape index (κ3) is 4.54. The molecule has 5 heteroatoms. The molecule has 0 spiro atoms. The SMILES string of the molecule is [2H]C([2H])([2H])N1CN(c2cccc(Oc3ccc4c5cc6c(cc5n(-c5cc(C(C)(C)C)ccn5)c4c3)C3c4ccccc4C6c4ccccc43)c2)c2ccccc21. The topological polar surface area (TPSA) is 33.5 Å². The van der Waals surface area contributed by atoms with Crippen LogP contribution in [0.4, 0.5) is 17.1 Å². The Morgan fingerprint density at radius 3 is 1.96 bits per heavy atom. The molecule has 0 N–H and O–H groups in total. The fourth-order valence-electron chi connectivity index (χ4n) is 9.26. The van der Waals surface area contributed by atoms with Gasteiger partial charge in [-0.3, -0.25) is 4.57 Å². The lowest BCUT2D eigenvalue weighted by Crippen LogP contribution is -2.27. The molecule has 0 amide bonds. The summed E-state index contributed by atoms with van der Waals surface area (Å²) in [4.78, 5) is 8.50. The maximum atomic E-state index is 8.16. The summed E-state index contributed by atoms with van der Waals surface area (Å²) in [7, 11) is 0. The van der Waals surface area contributed by atoms with Crippen LogP contribution in [0, 0.1) is 0 Å². The van der Waals surface area contributed by atoms with Gasteiger partial charge in [-0.1, -0.05) is 87.5 Å². The summed E-state index contributed by atoms with van der Waals surface area (Å²) >= 11 is 0. The van der Waals surface area contributed by atoms with E-state index < -0.39 is 6.98 Å². The number of hydrogen-bond acceptors (Lipinski definition) is 4. The number of rotatable bonds is 4. The highest BCUT2D eigenvalue weighted by molar-refractivity contribution is 6.10. The zero-order chi connectivity index (χ0) is 38.8. The third-order valence-corrected chi connectivity index (χ3v) is 11.8. The van der Waals surface area contributed by atoms with Crippen LogP contribution < -0.4 is 14.5 Å². The number of ether oxygens (including phenoxy) is 1. The second-order valence-corrected chi connectivity index (χ2v) is 15.9. The van der Waals surface area contributed by atoms with Crippen LogP contribution in [-0.4, -0.2) is 23.2 Å². The van der Waals surface area contributed by atoms with E-state index >= 15 is 0 Å². The van der Waals surface area contributed by atoms with Crippen molar-refractivity contribution >= 4 is 38.9 Å². The number of fused-ring (bicyclic) bond motifs is 4. The van der Waals surface area contributed by atoms with Gasteiger partial charge in [-0.25, -0.2) is 4.98 Å². The first-order valence-electron chi connectivity index (χ1n) is 20.2. The number of aromatic nitrogens is 2. The molecular weight excluding hydrogens is 661 g/mol. The van der Waals surface area contributed by atoms with Crippen molar-refractivity contribution in [3.05, 3.63) is 185 Å². The molecule has 1 aliphatic heterocycles. The van der Waals surface area contributed by atoms with Gasteiger partial charge >= 0.3 is 0 Å². The lowest BCUT2D eigenvalue weighted by molar-refractivity contribution is 0.483. The van der Waals surface area contributed by atoms with E-state index in [1.165, 1.54) is 49.2 Å². The number of anilines is 3. The smallest absolute Gasteiger partial charge is 0.137 e. The summed E-state index contributed by atoms with van der Waals surface area (Å²) in [5, 5.41) is 2.33. The average molecular weight is 704 g/mol. The molecule has 4 aliphatic rings. The monoisotopic (exact) mass is 703 g/mol. The highest BCUT2D eigenvalue weighted by Gasteiger charge is 2.41. The Morgan fingerprint density at radius 1 is 0.611 bits per heavy atom. The first-order valence-corrected chi connectivity index (χ1v) is 18.7. The minimum atomic E-state index is -2.26. The third-order valence-electron chi connectivity index (χ3n) is 11.8. The lowest BCUT2D eigenvalue weighted by Gasteiger charge is -2.42. The Kier molecular flexibility index (Phi) is 5.92. The van der Waals surface area contributed by atoms with Crippen LogP contribution >= 0.6 is 0 Å². The number of pyridine rings is 1. The highest BCUT2D eigenvalue weighted by Crippen LogP contribution is 2.57. The zero-order valence-electron chi connectivity index (χ0n) is 33.4. The minimum Gasteiger partial charge on any atom is -0.457 e. The molecule has 12 rings (SSSR count). The van der Waals surface area contributed by atoms with E-state index in [0.717, 1.165) is 33.6 Å². The quantitative estimate of drug-likeness (QED) is 0.183. The van der Waals surface area contributed by atoms with Gasteiger partial charge in [0.05, 0.1) is 29.1 Å². The summed E-state index contributed by atoms with van der Waals surface area (Å²) in [6.07, 6.45) is 1.93. The van der Waals surface area contributed by atoms with Crippen molar-refractivity contribution in [3.63, 3.8) is 0 Å². The Hall–Kier alpha value is -6.33. The number of benzene rings is 6. The summed E-state index contributed by atoms with van der Waals surface area (Å²) in [5.74, 6) is 2.56. The van der Waals surface area contributed by atoms with Gasteiger partial charge in [0.1, 0.15) is 17.3 Å². The molecule has 5 nitrogen and oxygen atoms in total. The van der Waals surface area contributed by atoms with E-state index in [1.807, 2.05) is 59.6 Å². The molecular formula is C49H40N4O. The number of para-hydroxylation sites is 2. The van der Waals surface area contributed by atoms with Crippen LogP contribution in [0.15, 0.2) is 146 Å². The maximum Gasteiger partial charge on any atom is 0.137 e. The average Bonchev–Trinajstić information content (AvgIpc) is 3.76.